The van der Waals surface area contributed by atoms with E-state index in [-0.39, 0.29) is 5.91 Å². The number of nitrogens with zero attached hydrogens (tertiary/aromatic N) is 2. The molecular weight excluding hydrogens is 498 g/mol. The van der Waals surface area contributed by atoms with Gasteiger partial charge >= 0.3 is 0 Å². The second-order valence-electron chi connectivity index (χ2n) is 9.27. The lowest BCUT2D eigenvalue weighted by Gasteiger charge is -2.26. The van der Waals surface area contributed by atoms with Crippen molar-refractivity contribution < 1.29 is 14.3 Å². The lowest BCUT2D eigenvalue weighted by Crippen LogP contribution is -2.37. The van der Waals surface area contributed by atoms with Gasteiger partial charge in [-0.15, -0.1) is 0 Å². The van der Waals surface area contributed by atoms with Crippen LogP contribution in [0.15, 0.2) is 54.7 Å². The molecule has 9 heteroatoms. The minimum absolute atomic E-state index is 0.0134. The number of rotatable bonds is 15. The summed E-state index contributed by atoms with van der Waals surface area (Å²) in [5, 5.41) is 9.83. The molecule has 0 bridgehead atoms. The Labute approximate surface area is 232 Å². The van der Waals surface area contributed by atoms with Crippen LogP contribution in [0.3, 0.4) is 0 Å². The molecule has 0 spiro atoms. The summed E-state index contributed by atoms with van der Waals surface area (Å²) in [5.41, 5.74) is 2.36. The smallest absolute Gasteiger partial charge is 0.220 e. The average molecular weight is 540 g/mol. The van der Waals surface area contributed by atoms with Gasteiger partial charge in [-0.3, -0.25) is 9.69 Å². The van der Waals surface area contributed by atoms with Crippen LogP contribution in [-0.4, -0.2) is 67.3 Å². The van der Waals surface area contributed by atoms with Crippen molar-refractivity contribution in [2.24, 2.45) is 0 Å². The molecule has 1 fully saturated rings. The van der Waals surface area contributed by atoms with E-state index in [4.69, 9.17) is 21.7 Å². The second-order valence-corrected chi connectivity index (χ2v) is 9.68. The normalized spacial score (nSPS) is 13.7. The number of thiocarbonyl (C=S) groups is 1. The largest absolute Gasteiger partial charge is 0.496 e. The molecule has 2 heterocycles. The van der Waals surface area contributed by atoms with E-state index < -0.39 is 0 Å². The van der Waals surface area contributed by atoms with Crippen molar-refractivity contribution in [3.8, 4) is 11.6 Å². The molecule has 1 aromatic carbocycles. The monoisotopic (exact) mass is 539 g/mol. The number of methoxy groups -OCH3 is 1. The minimum atomic E-state index is 0.0134. The molecule has 206 valence electrons. The molecule has 1 aliphatic rings. The molecule has 8 nitrogen and oxygen atoms in total. The number of amides is 1. The molecule has 0 radical (unpaired) electrons. The molecule has 3 rings (SSSR count). The first kappa shape index (κ1) is 29.4. The number of carbonyl (C=O) groups excluding carboxylic acids is 1. The average Bonchev–Trinajstić information content (AvgIpc) is 2.94. The quantitative estimate of drug-likeness (QED) is 0.180. The predicted octanol–water partition coefficient (Wildman–Crippen LogP) is 3.61. The lowest BCUT2D eigenvalue weighted by molar-refractivity contribution is -0.120. The number of likely N-dealkylation sites (tertiary alicyclic amines) is 1. The SMILES string of the molecule is COc1ccccc1CCNC(=S)NCCCC(=O)NC/C=C\COc1cc(CN2CCCCC2)ccn1. The Kier molecular flexibility index (Phi) is 13.4. The summed E-state index contributed by atoms with van der Waals surface area (Å²) in [6.45, 7) is 5.52. The fraction of sp³-hybridized carbons (Fsp3) is 0.483. The van der Waals surface area contributed by atoms with Crippen molar-refractivity contribution in [2.45, 2.75) is 45.1 Å². The number of benzene rings is 1. The van der Waals surface area contributed by atoms with Crippen molar-refractivity contribution in [2.75, 3.05) is 46.4 Å². The van der Waals surface area contributed by atoms with Gasteiger partial charge in [0.15, 0.2) is 5.11 Å². The number of pyridine rings is 1. The van der Waals surface area contributed by atoms with Crippen LogP contribution in [0.5, 0.6) is 11.6 Å². The number of aromatic nitrogens is 1. The molecule has 1 aromatic heterocycles. The Morgan fingerprint density at radius 3 is 2.74 bits per heavy atom. The van der Waals surface area contributed by atoms with E-state index in [2.05, 4.69) is 31.9 Å². The summed E-state index contributed by atoms with van der Waals surface area (Å²) >= 11 is 5.32. The molecule has 3 N–H and O–H groups in total. The molecule has 38 heavy (non-hydrogen) atoms. The van der Waals surface area contributed by atoms with Crippen molar-refractivity contribution >= 4 is 23.2 Å². The molecule has 0 atom stereocenters. The van der Waals surface area contributed by atoms with E-state index in [0.29, 0.717) is 50.1 Å². The Balaban J connectivity index is 1.19. The number of ether oxygens (including phenoxy) is 2. The molecule has 1 saturated heterocycles. The number of hydrogen-bond acceptors (Lipinski definition) is 6. The van der Waals surface area contributed by atoms with Crippen molar-refractivity contribution in [1.82, 2.24) is 25.8 Å². The molecule has 1 amide bonds. The van der Waals surface area contributed by atoms with E-state index in [0.717, 1.165) is 24.3 Å². The molecule has 0 aliphatic carbocycles. The lowest BCUT2D eigenvalue weighted by atomic mass is 10.1. The van der Waals surface area contributed by atoms with E-state index in [1.54, 1.807) is 13.3 Å². The summed E-state index contributed by atoms with van der Waals surface area (Å²) in [4.78, 5) is 18.8. The van der Waals surface area contributed by atoms with Gasteiger partial charge in [-0.1, -0.05) is 30.7 Å². The van der Waals surface area contributed by atoms with Crippen LogP contribution in [-0.2, 0) is 17.8 Å². The molecular formula is C29H41N5O3S. The summed E-state index contributed by atoms with van der Waals surface area (Å²) in [7, 11) is 1.68. The maximum Gasteiger partial charge on any atom is 0.220 e. The third kappa shape index (κ3) is 11.5. The van der Waals surface area contributed by atoms with Crippen molar-refractivity contribution in [3.63, 3.8) is 0 Å². The molecule has 0 unspecified atom stereocenters. The predicted molar refractivity (Wildman–Crippen MR) is 156 cm³/mol. The number of para-hydroxylation sites is 1. The van der Waals surface area contributed by atoms with Crippen molar-refractivity contribution in [1.29, 1.82) is 0 Å². The third-order valence-electron chi connectivity index (χ3n) is 6.30. The zero-order valence-electron chi connectivity index (χ0n) is 22.4. The Hall–Kier alpha value is -3.17. The zero-order valence-corrected chi connectivity index (χ0v) is 23.2. The van der Waals surface area contributed by atoms with Gasteiger partial charge < -0.3 is 25.4 Å². The van der Waals surface area contributed by atoms with E-state index in [9.17, 15) is 4.79 Å². The van der Waals surface area contributed by atoms with Gasteiger partial charge in [-0.2, -0.15) is 0 Å². The maximum atomic E-state index is 12.1. The van der Waals surface area contributed by atoms with Crippen LogP contribution in [0.1, 0.15) is 43.2 Å². The zero-order chi connectivity index (χ0) is 26.8. The summed E-state index contributed by atoms with van der Waals surface area (Å²) < 4.78 is 11.1. The number of hydrogen-bond donors (Lipinski definition) is 3. The van der Waals surface area contributed by atoms with Gasteiger partial charge in [0, 0.05) is 44.9 Å². The number of nitrogens with one attached hydrogen (secondary N) is 3. The highest BCUT2D eigenvalue weighted by Gasteiger charge is 2.11. The summed E-state index contributed by atoms with van der Waals surface area (Å²) in [6.07, 6.45) is 11.5. The van der Waals surface area contributed by atoms with Crippen LogP contribution in [0.25, 0.3) is 0 Å². The summed E-state index contributed by atoms with van der Waals surface area (Å²) in [5.74, 6) is 1.53. The third-order valence-corrected chi connectivity index (χ3v) is 6.59. The first-order valence-electron chi connectivity index (χ1n) is 13.5. The maximum absolute atomic E-state index is 12.1. The fourth-order valence-electron chi connectivity index (χ4n) is 4.28. The van der Waals surface area contributed by atoms with Crippen LogP contribution >= 0.6 is 12.2 Å². The Morgan fingerprint density at radius 2 is 1.89 bits per heavy atom. The van der Waals surface area contributed by atoms with E-state index in [1.807, 2.05) is 42.5 Å². The van der Waals surface area contributed by atoms with Gasteiger partial charge in [-0.05, 0) is 80.3 Å². The first-order valence-corrected chi connectivity index (χ1v) is 13.9. The fourth-order valence-corrected chi connectivity index (χ4v) is 4.49. The highest BCUT2D eigenvalue weighted by atomic mass is 32.1. The highest BCUT2D eigenvalue weighted by molar-refractivity contribution is 7.80. The van der Waals surface area contributed by atoms with Crippen LogP contribution < -0.4 is 25.4 Å². The summed E-state index contributed by atoms with van der Waals surface area (Å²) in [6, 6.07) is 12.0. The van der Waals surface area contributed by atoms with Gasteiger partial charge in [0.2, 0.25) is 11.8 Å². The highest BCUT2D eigenvalue weighted by Crippen LogP contribution is 2.17. The Morgan fingerprint density at radius 1 is 1.08 bits per heavy atom. The van der Waals surface area contributed by atoms with Gasteiger partial charge in [0.25, 0.3) is 0 Å². The topological polar surface area (TPSA) is 87.8 Å². The first-order chi connectivity index (χ1) is 18.6. The van der Waals surface area contributed by atoms with Crippen LogP contribution in [0.2, 0.25) is 0 Å². The number of piperidine rings is 1. The minimum Gasteiger partial charge on any atom is -0.496 e. The number of carbonyl (C=O) groups is 1. The van der Waals surface area contributed by atoms with E-state index in [1.165, 1.54) is 37.9 Å². The molecule has 1 aliphatic heterocycles. The van der Waals surface area contributed by atoms with Gasteiger partial charge in [-0.25, -0.2) is 4.98 Å². The van der Waals surface area contributed by atoms with Crippen LogP contribution in [0, 0.1) is 0 Å². The van der Waals surface area contributed by atoms with Crippen LogP contribution in [0.4, 0.5) is 0 Å². The molecule has 0 saturated carbocycles. The van der Waals surface area contributed by atoms with Crippen molar-refractivity contribution in [3.05, 3.63) is 65.9 Å². The second kappa shape index (κ2) is 17.4. The van der Waals surface area contributed by atoms with Gasteiger partial charge in [0.1, 0.15) is 12.4 Å². The Bertz CT molecular complexity index is 1030. The van der Waals surface area contributed by atoms with Gasteiger partial charge in [0.05, 0.1) is 7.11 Å². The van der Waals surface area contributed by atoms with E-state index >= 15 is 0 Å². The standard InChI is InChI=1S/C29H41N5O3S/c1-36-26-11-4-3-10-25(26)14-18-33-29(38)32-16-9-12-27(35)30-15-5-8-21-37-28-22-24(13-17-31-28)23-34-19-6-2-7-20-34/h3-5,8,10-11,13,17,22H,2,6-7,9,12,14-16,18-21,23H2,1H3,(H,30,35)(H2,32,33,38)/b8-5-. The molecule has 2 aromatic rings.